The monoisotopic (exact) mass is 353 g/mol. The van der Waals surface area contributed by atoms with Gasteiger partial charge in [-0.05, 0) is 50.0 Å². The van der Waals surface area contributed by atoms with E-state index in [1.807, 2.05) is 0 Å². The number of hydrogen-bond acceptors (Lipinski definition) is 4. The Hall–Kier alpha value is -1.99. The van der Waals surface area contributed by atoms with Crippen LogP contribution in [-0.4, -0.2) is 34.0 Å². The lowest BCUT2D eigenvalue weighted by Gasteiger charge is -2.22. The van der Waals surface area contributed by atoms with Crippen molar-refractivity contribution < 1.29 is 9.18 Å². The van der Waals surface area contributed by atoms with Crippen molar-refractivity contribution in [2.45, 2.75) is 32.4 Å². The molecule has 1 aromatic heterocycles. The summed E-state index contributed by atoms with van der Waals surface area (Å²) in [6, 6.07) is 5.22. The van der Waals surface area contributed by atoms with Gasteiger partial charge in [-0.1, -0.05) is 17.3 Å². The first-order chi connectivity index (χ1) is 11.1. The molecule has 130 valence electrons. The lowest BCUT2D eigenvalue weighted by molar-refractivity contribution is 0.0945. The second-order valence-electron chi connectivity index (χ2n) is 5.83. The molecule has 1 aliphatic heterocycles. The Morgan fingerprint density at radius 1 is 1.42 bits per heavy atom. The fourth-order valence-electron chi connectivity index (χ4n) is 2.65. The van der Waals surface area contributed by atoms with Gasteiger partial charge in [-0.15, -0.1) is 17.5 Å². The Kier molecular flexibility index (Phi) is 6.28. The van der Waals surface area contributed by atoms with Crippen molar-refractivity contribution >= 4 is 18.3 Å². The zero-order valence-corrected chi connectivity index (χ0v) is 14.3. The summed E-state index contributed by atoms with van der Waals surface area (Å²) in [5.74, 6) is -0.570. The third kappa shape index (κ3) is 4.30. The molecule has 2 aromatic rings. The number of nitrogens with zero attached hydrogens (tertiary/aromatic N) is 3. The molecule has 1 amide bonds. The fourth-order valence-corrected chi connectivity index (χ4v) is 2.65. The smallest absolute Gasteiger partial charge is 0.273 e. The summed E-state index contributed by atoms with van der Waals surface area (Å²) < 4.78 is 15.3. The van der Waals surface area contributed by atoms with Crippen LogP contribution in [0.15, 0.2) is 24.4 Å². The number of halogens is 2. The molecule has 0 radical (unpaired) electrons. The molecule has 6 nitrogen and oxygen atoms in total. The lowest BCUT2D eigenvalue weighted by atomic mass is 10.1. The number of piperidine rings is 1. The second kappa shape index (κ2) is 8.21. The van der Waals surface area contributed by atoms with Crippen LogP contribution in [0.25, 0.3) is 0 Å². The minimum absolute atomic E-state index is 0. The lowest BCUT2D eigenvalue weighted by Crippen LogP contribution is -2.29. The first kappa shape index (κ1) is 18.4. The third-order valence-electron chi connectivity index (χ3n) is 4.12. The Morgan fingerprint density at radius 3 is 2.88 bits per heavy atom. The number of nitrogens with one attached hydrogen (secondary N) is 2. The molecule has 0 atom stereocenters. The van der Waals surface area contributed by atoms with E-state index in [9.17, 15) is 9.18 Å². The molecular formula is C16H21ClFN5O. The van der Waals surface area contributed by atoms with Gasteiger partial charge in [0.2, 0.25) is 0 Å². The number of benzene rings is 1. The summed E-state index contributed by atoms with van der Waals surface area (Å²) >= 11 is 0. The predicted molar refractivity (Wildman–Crippen MR) is 90.7 cm³/mol. The summed E-state index contributed by atoms with van der Waals surface area (Å²) in [4.78, 5) is 12.1. The second-order valence-corrected chi connectivity index (χ2v) is 5.83. The third-order valence-corrected chi connectivity index (χ3v) is 4.12. The van der Waals surface area contributed by atoms with E-state index >= 15 is 0 Å². The first-order valence-corrected chi connectivity index (χ1v) is 7.79. The molecule has 1 saturated heterocycles. The standard InChI is InChI=1S/C16H20FN5O.ClH/c1-11-2-3-12(8-14(11)17)9-19-16(23)15-10-22(21-20-15)13-4-6-18-7-5-13;/h2-3,8,10,13,18H,4-7,9H2,1H3,(H,19,23);1H. The largest absolute Gasteiger partial charge is 0.347 e. The van der Waals surface area contributed by atoms with Crippen LogP contribution in [0.5, 0.6) is 0 Å². The highest BCUT2D eigenvalue weighted by Gasteiger charge is 2.18. The normalized spacial score (nSPS) is 14.9. The molecule has 0 spiro atoms. The molecule has 0 saturated carbocycles. The van der Waals surface area contributed by atoms with Gasteiger partial charge in [0.1, 0.15) is 5.82 Å². The molecule has 2 heterocycles. The first-order valence-electron chi connectivity index (χ1n) is 7.79. The average Bonchev–Trinajstić information content (AvgIpc) is 3.06. The van der Waals surface area contributed by atoms with Crippen LogP contribution in [0.2, 0.25) is 0 Å². The molecular weight excluding hydrogens is 333 g/mol. The minimum Gasteiger partial charge on any atom is -0.347 e. The molecule has 0 unspecified atom stereocenters. The quantitative estimate of drug-likeness (QED) is 0.882. The van der Waals surface area contributed by atoms with Gasteiger partial charge in [0, 0.05) is 6.54 Å². The maximum Gasteiger partial charge on any atom is 0.273 e. The number of carbonyl (C=O) groups is 1. The zero-order chi connectivity index (χ0) is 16.2. The number of rotatable bonds is 4. The Labute approximate surface area is 146 Å². The maximum atomic E-state index is 13.5. The van der Waals surface area contributed by atoms with E-state index in [1.165, 1.54) is 6.07 Å². The molecule has 1 aliphatic rings. The van der Waals surface area contributed by atoms with E-state index in [0.717, 1.165) is 25.9 Å². The average molecular weight is 354 g/mol. The summed E-state index contributed by atoms with van der Waals surface area (Å²) in [5, 5.41) is 14.0. The molecule has 0 bridgehead atoms. The van der Waals surface area contributed by atoms with Gasteiger partial charge in [-0.3, -0.25) is 4.79 Å². The molecule has 1 fully saturated rings. The Morgan fingerprint density at radius 2 is 2.17 bits per heavy atom. The van der Waals surface area contributed by atoms with Crippen LogP contribution in [0.4, 0.5) is 4.39 Å². The summed E-state index contributed by atoms with van der Waals surface area (Å²) in [6.07, 6.45) is 3.64. The van der Waals surface area contributed by atoms with Crippen LogP contribution in [0, 0.1) is 12.7 Å². The Balaban J connectivity index is 0.00000208. The van der Waals surface area contributed by atoms with Crippen molar-refractivity contribution in [2.24, 2.45) is 0 Å². The van der Waals surface area contributed by atoms with Crippen LogP contribution in [0.3, 0.4) is 0 Å². The highest BCUT2D eigenvalue weighted by Crippen LogP contribution is 2.17. The van der Waals surface area contributed by atoms with Crippen molar-refractivity contribution in [1.82, 2.24) is 25.6 Å². The van der Waals surface area contributed by atoms with E-state index in [0.29, 0.717) is 11.1 Å². The maximum absolute atomic E-state index is 13.5. The number of aryl methyl sites for hydroxylation is 1. The van der Waals surface area contributed by atoms with E-state index in [-0.39, 0.29) is 42.4 Å². The van der Waals surface area contributed by atoms with Crippen LogP contribution in [0.1, 0.15) is 40.5 Å². The van der Waals surface area contributed by atoms with Crippen molar-refractivity contribution in [3.8, 4) is 0 Å². The van der Waals surface area contributed by atoms with Gasteiger partial charge in [0.05, 0.1) is 12.2 Å². The fraction of sp³-hybridized carbons (Fsp3) is 0.438. The highest BCUT2D eigenvalue weighted by atomic mass is 35.5. The van der Waals surface area contributed by atoms with Gasteiger partial charge >= 0.3 is 0 Å². The minimum atomic E-state index is -0.300. The van der Waals surface area contributed by atoms with Crippen molar-refractivity contribution in [3.05, 3.63) is 47.0 Å². The highest BCUT2D eigenvalue weighted by molar-refractivity contribution is 5.91. The molecule has 2 N–H and O–H groups in total. The number of aromatic nitrogens is 3. The predicted octanol–water partition coefficient (Wildman–Crippen LogP) is 2.00. The summed E-state index contributed by atoms with van der Waals surface area (Å²) in [7, 11) is 0. The van der Waals surface area contributed by atoms with Crippen molar-refractivity contribution in [3.63, 3.8) is 0 Å². The molecule has 24 heavy (non-hydrogen) atoms. The SMILES string of the molecule is Cc1ccc(CNC(=O)c2cn(C3CCNCC3)nn2)cc1F.Cl. The zero-order valence-electron chi connectivity index (χ0n) is 13.5. The van der Waals surface area contributed by atoms with Crippen LogP contribution >= 0.6 is 12.4 Å². The van der Waals surface area contributed by atoms with E-state index in [1.54, 1.807) is 29.9 Å². The van der Waals surface area contributed by atoms with Gasteiger partial charge in [0.15, 0.2) is 5.69 Å². The number of carbonyl (C=O) groups excluding carboxylic acids is 1. The van der Waals surface area contributed by atoms with E-state index in [4.69, 9.17) is 0 Å². The Bertz CT molecular complexity index is 700. The van der Waals surface area contributed by atoms with Gasteiger partial charge in [0.25, 0.3) is 5.91 Å². The van der Waals surface area contributed by atoms with Crippen LogP contribution < -0.4 is 10.6 Å². The summed E-state index contributed by atoms with van der Waals surface area (Å²) in [5.41, 5.74) is 1.59. The van der Waals surface area contributed by atoms with Crippen molar-refractivity contribution in [1.29, 1.82) is 0 Å². The molecule has 1 aromatic carbocycles. The molecule has 0 aliphatic carbocycles. The van der Waals surface area contributed by atoms with Gasteiger partial charge < -0.3 is 10.6 Å². The topological polar surface area (TPSA) is 71.8 Å². The van der Waals surface area contributed by atoms with Gasteiger partial charge in [-0.25, -0.2) is 9.07 Å². The summed E-state index contributed by atoms with van der Waals surface area (Å²) in [6.45, 7) is 3.86. The molecule has 3 rings (SSSR count). The molecule has 8 heteroatoms. The number of hydrogen-bond donors (Lipinski definition) is 2. The van der Waals surface area contributed by atoms with Gasteiger partial charge in [-0.2, -0.15) is 0 Å². The number of amides is 1. The van der Waals surface area contributed by atoms with E-state index < -0.39 is 0 Å². The van der Waals surface area contributed by atoms with E-state index in [2.05, 4.69) is 20.9 Å². The van der Waals surface area contributed by atoms with Crippen LogP contribution in [-0.2, 0) is 6.54 Å². The van der Waals surface area contributed by atoms with Crippen molar-refractivity contribution in [2.75, 3.05) is 13.1 Å².